The summed E-state index contributed by atoms with van der Waals surface area (Å²) in [5, 5.41) is 3.04. The zero-order valence-electron chi connectivity index (χ0n) is 14.9. The molecule has 0 atom stereocenters. The largest absolute Gasteiger partial charge is 0.348 e. The van der Waals surface area contributed by atoms with Crippen LogP contribution >= 0.6 is 0 Å². The maximum atomic E-state index is 12.7. The minimum atomic E-state index is -0.120. The van der Waals surface area contributed by atoms with Crippen LogP contribution < -0.4 is 10.2 Å². The molecule has 0 saturated heterocycles. The lowest BCUT2D eigenvalue weighted by molar-refractivity contribution is 0.0946. The first-order valence-electron chi connectivity index (χ1n) is 9.39. The second-order valence-corrected chi connectivity index (χ2v) is 7.08. The lowest BCUT2D eigenvalue weighted by atomic mass is 10.2. The van der Waals surface area contributed by atoms with Crippen LogP contribution in [0.5, 0.6) is 0 Å². The number of para-hydroxylation sites is 1. The van der Waals surface area contributed by atoms with E-state index in [-0.39, 0.29) is 5.91 Å². The summed E-state index contributed by atoms with van der Waals surface area (Å²) in [7, 11) is 0. The summed E-state index contributed by atoms with van der Waals surface area (Å²) in [5.74, 6) is 1.24. The monoisotopic (exact) mass is 356 g/mol. The molecular weight excluding hydrogens is 336 g/mol. The molecule has 1 aromatic heterocycles. The lowest BCUT2D eigenvalue weighted by Crippen LogP contribution is -2.27. The van der Waals surface area contributed by atoms with E-state index in [0.717, 1.165) is 42.9 Å². The molecule has 2 aromatic carbocycles. The van der Waals surface area contributed by atoms with Crippen molar-refractivity contribution in [3.8, 4) is 11.4 Å². The molecule has 5 rings (SSSR count). The van der Waals surface area contributed by atoms with Gasteiger partial charge in [0.05, 0.1) is 0 Å². The molecule has 1 aliphatic carbocycles. The van der Waals surface area contributed by atoms with Gasteiger partial charge < -0.3 is 10.2 Å². The van der Waals surface area contributed by atoms with E-state index >= 15 is 0 Å². The van der Waals surface area contributed by atoms with Crippen LogP contribution in [0.15, 0.2) is 60.7 Å². The summed E-state index contributed by atoms with van der Waals surface area (Å²) in [6, 6.07) is 20.3. The van der Waals surface area contributed by atoms with E-state index in [1.165, 1.54) is 5.56 Å². The molecule has 5 nitrogen and oxygen atoms in total. The number of aromatic nitrogens is 2. The van der Waals surface area contributed by atoms with Gasteiger partial charge in [-0.25, -0.2) is 9.97 Å². The van der Waals surface area contributed by atoms with Crippen molar-refractivity contribution < 1.29 is 4.79 Å². The van der Waals surface area contributed by atoms with E-state index in [1.54, 1.807) is 0 Å². The van der Waals surface area contributed by atoms with Crippen molar-refractivity contribution in [2.45, 2.75) is 25.3 Å². The van der Waals surface area contributed by atoms with Gasteiger partial charge in [0.2, 0.25) is 0 Å². The highest BCUT2D eigenvalue weighted by atomic mass is 16.2. The minimum Gasteiger partial charge on any atom is -0.348 e. The summed E-state index contributed by atoms with van der Waals surface area (Å²) >= 11 is 0. The number of hydrogen-bond acceptors (Lipinski definition) is 4. The highest BCUT2D eigenvalue weighted by molar-refractivity contribution is 5.94. The summed E-state index contributed by atoms with van der Waals surface area (Å²) in [4.78, 5) is 24.2. The second-order valence-electron chi connectivity index (χ2n) is 7.08. The zero-order chi connectivity index (χ0) is 18.2. The van der Waals surface area contributed by atoms with Crippen LogP contribution in [0.1, 0.15) is 28.9 Å². The van der Waals surface area contributed by atoms with E-state index in [0.29, 0.717) is 17.6 Å². The van der Waals surface area contributed by atoms with Crippen molar-refractivity contribution in [3.63, 3.8) is 0 Å². The van der Waals surface area contributed by atoms with Gasteiger partial charge in [-0.15, -0.1) is 0 Å². The zero-order valence-corrected chi connectivity index (χ0v) is 14.9. The Labute approximate surface area is 158 Å². The maximum Gasteiger partial charge on any atom is 0.270 e. The fourth-order valence-corrected chi connectivity index (χ4v) is 3.47. The topological polar surface area (TPSA) is 58.1 Å². The summed E-state index contributed by atoms with van der Waals surface area (Å²) in [5.41, 5.74) is 3.80. The first-order chi connectivity index (χ1) is 13.3. The molecule has 3 aromatic rings. The molecule has 1 saturated carbocycles. The molecule has 134 valence electrons. The second kappa shape index (κ2) is 6.50. The fraction of sp³-hybridized carbons (Fsp3) is 0.227. The number of fused-ring (bicyclic) bond motifs is 1. The highest BCUT2D eigenvalue weighted by Crippen LogP contribution is 2.34. The van der Waals surface area contributed by atoms with Crippen LogP contribution in [0.25, 0.3) is 11.4 Å². The molecule has 2 aliphatic rings. The number of carbonyl (C=O) groups is 1. The average Bonchev–Trinajstić information content (AvgIpc) is 3.43. The molecule has 0 spiro atoms. The average molecular weight is 356 g/mol. The van der Waals surface area contributed by atoms with Gasteiger partial charge in [-0.3, -0.25) is 4.79 Å². The normalized spacial score (nSPS) is 15.5. The number of carbonyl (C=O) groups excluding carboxylic acids is 1. The third kappa shape index (κ3) is 3.16. The standard InChI is InChI=1S/C22H20N4O/c27-22(23-17-10-11-17)18-14-20(25-21(24-18)16-7-2-1-3-8-16)26-13-12-15-6-4-5-9-19(15)26/h1-9,14,17H,10-13H2,(H,23,27). The van der Waals surface area contributed by atoms with Gasteiger partial charge in [-0.05, 0) is 30.9 Å². The van der Waals surface area contributed by atoms with E-state index in [1.807, 2.05) is 42.5 Å². The number of amides is 1. The van der Waals surface area contributed by atoms with Crippen molar-refractivity contribution in [1.82, 2.24) is 15.3 Å². The van der Waals surface area contributed by atoms with Crippen LogP contribution in [0.3, 0.4) is 0 Å². The van der Waals surface area contributed by atoms with Crippen molar-refractivity contribution in [2.24, 2.45) is 0 Å². The van der Waals surface area contributed by atoms with Crippen molar-refractivity contribution >= 4 is 17.4 Å². The van der Waals surface area contributed by atoms with Gasteiger partial charge in [0.15, 0.2) is 5.82 Å². The molecule has 5 heteroatoms. The van der Waals surface area contributed by atoms with E-state index in [9.17, 15) is 4.79 Å². The quantitative estimate of drug-likeness (QED) is 0.774. The molecule has 1 aliphatic heterocycles. The Balaban J connectivity index is 1.59. The molecule has 27 heavy (non-hydrogen) atoms. The van der Waals surface area contributed by atoms with Crippen molar-refractivity contribution in [3.05, 3.63) is 71.9 Å². The van der Waals surface area contributed by atoms with Crippen LogP contribution in [-0.2, 0) is 6.42 Å². The van der Waals surface area contributed by atoms with E-state index in [4.69, 9.17) is 4.98 Å². The fourth-order valence-electron chi connectivity index (χ4n) is 3.47. The maximum absolute atomic E-state index is 12.7. The predicted octanol–water partition coefficient (Wildman–Crippen LogP) is 3.73. The van der Waals surface area contributed by atoms with Gasteiger partial charge in [0.25, 0.3) is 5.91 Å². The SMILES string of the molecule is O=C(NC1CC1)c1cc(N2CCc3ccccc32)nc(-c2ccccc2)n1. The Morgan fingerprint density at radius 1 is 1.00 bits per heavy atom. The number of nitrogens with zero attached hydrogens (tertiary/aromatic N) is 3. The van der Waals surface area contributed by atoms with Crippen LogP contribution in [0.4, 0.5) is 11.5 Å². The molecule has 2 heterocycles. The Morgan fingerprint density at radius 2 is 1.78 bits per heavy atom. The molecular formula is C22H20N4O. The summed E-state index contributed by atoms with van der Waals surface area (Å²) in [6.07, 6.45) is 3.08. The highest BCUT2D eigenvalue weighted by Gasteiger charge is 2.27. The van der Waals surface area contributed by atoms with Gasteiger partial charge in [-0.2, -0.15) is 0 Å². The summed E-state index contributed by atoms with van der Waals surface area (Å²) in [6.45, 7) is 0.855. The van der Waals surface area contributed by atoms with Crippen LogP contribution in [0, 0.1) is 0 Å². The third-order valence-electron chi connectivity index (χ3n) is 5.05. The molecule has 1 N–H and O–H groups in total. The number of anilines is 2. The van der Waals surface area contributed by atoms with Crippen molar-refractivity contribution in [1.29, 1.82) is 0 Å². The van der Waals surface area contributed by atoms with Crippen LogP contribution in [-0.4, -0.2) is 28.5 Å². The number of benzene rings is 2. The Hall–Kier alpha value is -3.21. The summed E-state index contributed by atoms with van der Waals surface area (Å²) < 4.78 is 0. The van der Waals surface area contributed by atoms with Gasteiger partial charge in [-0.1, -0.05) is 48.5 Å². The number of hydrogen-bond donors (Lipinski definition) is 1. The molecule has 1 fully saturated rings. The Morgan fingerprint density at radius 3 is 2.59 bits per heavy atom. The Bertz CT molecular complexity index is 998. The van der Waals surface area contributed by atoms with Gasteiger partial charge in [0.1, 0.15) is 11.5 Å². The Kier molecular flexibility index (Phi) is 3.85. The molecule has 0 unspecified atom stereocenters. The van der Waals surface area contributed by atoms with Gasteiger partial charge >= 0.3 is 0 Å². The smallest absolute Gasteiger partial charge is 0.270 e. The number of nitrogens with one attached hydrogen (secondary N) is 1. The molecule has 1 amide bonds. The lowest BCUT2D eigenvalue weighted by Gasteiger charge is -2.20. The minimum absolute atomic E-state index is 0.120. The van der Waals surface area contributed by atoms with Crippen molar-refractivity contribution in [2.75, 3.05) is 11.4 Å². The first kappa shape index (κ1) is 16.0. The molecule has 0 bridgehead atoms. The van der Waals surface area contributed by atoms with E-state index in [2.05, 4.69) is 33.4 Å². The van der Waals surface area contributed by atoms with Crippen LogP contribution in [0.2, 0.25) is 0 Å². The number of rotatable bonds is 4. The van der Waals surface area contributed by atoms with Gasteiger partial charge in [0, 0.05) is 29.9 Å². The predicted molar refractivity (Wildman–Crippen MR) is 105 cm³/mol. The first-order valence-corrected chi connectivity index (χ1v) is 9.39. The molecule has 0 radical (unpaired) electrons. The van der Waals surface area contributed by atoms with E-state index < -0.39 is 0 Å². The third-order valence-corrected chi connectivity index (χ3v) is 5.05.